The molecular formula is C14H20N4OS. The third-order valence-electron chi connectivity index (χ3n) is 3.50. The topological polar surface area (TPSA) is 59.8 Å². The van der Waals surface area contributed by atoms with Gasteiger partial charge < -0.3 is 5.32 Å². The van der Waals surface area contributed by atoms with Gasteiger partial charge in [0.1, 0.15) is 11.0 Å². The molecule has 5 nitrogen and oxygen atoms in total. The highest BCUT2D eigenvalue weighted by atomic mass is 32.1. The number of aromatic nitrogens is 3. The van der Waals surface area contributed by atoms with E-state index in [9.17, 15) is 4.79 Å². The van der Waals surface area contributed by atoms with E-state index in [0.717, 1.165) is 17.1 Å². The van der Waals surface area contributed by atoms with Crippen molar-refractivity contribution in [3.63, 3.8) is 0 Å². The molecule has 2 heterocycles. The second-order valence-electron chi connectivity index (χ2n) is 5.13. The number of nitrogens with one attached hydrogen (secondary N) is 1. The standard InChI is InChI=1S/C14H20N4OS/c1-5-14(4,13-16-10(2)9-20-13)17-12(19)11(3)18-8-6-7-15-18/h6-9,11H,5H2,1-4H3,(H,17,19)/t11-,14+/m0/s1. The average Bonchev–Trinajstić information content (AvgIpc) is 3.08. The number of hydrogen-bond acceptors (Lipinski definition) is 4. The molecule has 0 aliphatic rings. The molecule has 0 saturated carbocycles. The first kappa shape index (κ1) is 14.7. The van der Waals surface area contributed by atoms with Gasteiger partial charge in [-0.05, 0) is 33.3 Å². The molecule has 0 unspecified atom stereocenters. The number of rotatable bonds is 5. The van der Waals surface area contributed by atoms with Gasteiger partial charge in [0.05, 0.1) is 5.54 Å². The molecule has 0 radical (unpaired) electrons. The minimum absolute atomic E-state index is 0.0501. The van der Waals surface area contributed by atoms with E-state index in [-0.39, 0.29) is 11.9 Å². The maximum Gasteiger partial charge on any atom is 0.245 e. The molecule has 108 valence electrons. The molecular weight excluding hydrogens is 272 g/mol. The highest BCUT2D eigenvalue weighted by Crippen LogP contribution is 2.28. The van der Waals surface area contributed by atoms with Gasteiger partial charge in [0.15, 0.2) is 0 Å². The van der Waals surface area contributed by atoms with E-state index in [0.29, 0.717) is 0 Å². The smallest absolute Gasteiger partial charge is 0.245 e. The molecule has 6 heteroatoms. The number of amides is 1. The lowest BCUT2D eigenvalue weighted by molar-refractivity contribution is -0.126. The molecule has 0 spiro atoms. The Bertz CT molecular complexity index is 578. The Labute approximate surface area is 123 Å². The molecule has 0 fully saturated rings. The Morgan fingerprint density at radius 1 is 1.60 bits per heavy atom. The summed E-state index contributed by atoms with van der Waals surface area (Å²) in [6.07, 6.45) is 4.26. The summed E-state index contributed by atoms with van der Waals surface area (Å²) in [5, 5.41) is 10.2. The van der Waals surface area contributed by atoms with Crippen LogP contribution in [0.5, 0.6) is 0 Å². The molecule has 1 N–H and O–H groups in total. The van der Waals surface area contributed by atoms with Crippen LogP contribution in [0.4, 0.5) is 0 Å². The van der Waals surface area contributed by atoms with Crippen LogP contribution in [0.2, 0.25) is 0 Å². The Morgan fingerprint density at radius 3 is 2.85 bits per heavy atom. The van der Waals surface area contributed by atoms with Crippen molar-refractivity contribution in [1.29, 1.82) is 0 Å². The van der Waals surface area contributed by atoms with Gasteiger partial charge in [-0.2, -0.15) is 5.10 Å². The molecule has 0 bridgehead atoms. The maximum absolute atomic E-state index is 12.4. The second kappa shape index (κ2) is 5.75. The van der Waals surface area contributed by atoms with Gasteiger partial charge in [-0.3, -0.25) is 9.48 Å². The zero-order valence-electron chi connectivity index (χ0n) is 12.3. The van der Waals surface area contributed by atoms with Crippen molar-refractivity contribution in [3.8, 4) is 0 Å². The summed E-state index contributed by atoms with van der Waals surface area (Å²) in [7, 11) is 0. The van der Waals surface area contributed by atoms with Gasteiger partial charge in [0, 0.05) is 23.5 Å². The van der Waals surface area contributed by atoms with Crippen LogP contribution in [-0.4, -0.2) is 20.7 Å². The monoisotopic (exact) mass is 292 g/mol. The molecule has 20 heavy (non-hydrogen) atoms. The quantitative estimate of drug-likeness (QED) is 0.921. The predicted molar refractivity (Wildman–Crippen MR) is 79.6 cm³/mol. The third-order valence-corrected chi connectivity index (χ3v) is 4.72. The fourth-order valence-corrected chi connectivity index (χ4v) is 2.89. The number of aryl methyl sites for hydroxylation is 1. The normalized spacial score (nSPS) is 15.6. The minimum Gasteiger partial charge on any atom is -0.343 e. The van der Waals surface area contributed by atoms with Crippen molar-refractivity contribution in [1.82, 2.24) is 20.1 Å². The van der Waals surface area contributed by atoms with Crippen molar-refractivity contribution in [3.05, 3.63) is 34.5 Å². The zero-order chi connectivity index (χ0) is 14.8. The minimum atomic E-state index is -0.433. The fraction of sp³-hybridized carbons (Fsp3) is 0.500. The Morgan fingerprint density at radius 2 is 2.35 bits per heavy atom. The van der Waals surface area contributed by atoms with Crippen LogP contribution in [-0.2, 0) is 10.3 Å². The highest BCUT2D eigenvalue weighted by Gasteiger charge is 2.31. The van der Waals surface area contributed by atoms with Crippen molar-refractivity contribution < 1.29 is 4.79 Å². The first-order valence-electron chi connectivity index (χ1n) is 6.70. The fourth-order valence-electron chi connectivity index (χ4n) is 1.91. The molecule has 1 amide bonds. The molecule has 0 aromatic carbocycles. The summed E-state index contributed by atoms with van der Waals surface area (Å²) in [6.45, 7) is 7.87. The number of hydrogen-bond donors (Lipinski definition) is 1. The SMILES string of the molecule is CC[C@@](C)(NC(=O)[C@H](C)n1cccn1)c1nc(C)cs1. The van der Waals surface area contributed by atoms with Gasteiger partial charge in [-0.15, -0.1) is 11.3 Å². The van der Waals surface area contributed by atoms with Crippen LogP contribution >= 0.6 is 11.3 Å². The average molecular weight is 292 g/mol. The summed E-state index contributed by atoms with van der Waals surface area (Å²) < 4.78 is 1.65. The number of carbonyl (C=O) groups is 1. The van der Waals surface area contributed by atoms with Crippen LogP contribution in [0.3, 0.4) is 0 Å². The lowest BCUT2D eigenvalue weighted by Gasteiger charge is -2.29. The highest BCUT2D eigenvalue weighted by molar-refractivity contribution is 7.09. The van der Waals surface area contributed by atoms with Crippen LogP contribution in [0, 0.1) is 6.92 Å². The van der Waals surface area contributed by atoms with Gasteiger partial charge in [0.25, 0.3) is 0 Å². The summed E-state index contributed by atoms with van der Waals surface area (Å²) in [5.41, 5.74) is 0.552. The number of carbonyl (C=O) groups excluding carboxylic acids is 1. The van der Waals surface area contributed by atoms with Crippen molar-refractivity contribution in [2.75, 3.05) is 0 Å². The van der Waals surface area contributed by atoms with E-state index in [1.807, 2.05) is 32.2 Å². The zero-order valence-corrected chi connectivity index (χ0v) is 13.1. The third kappa shape index (κ3) is 2.90. The largest absolute Gasteiger partial charge is 0.343 e. The molecule has 2 atom stereocenters. The molecule has 2 aromatic rings. The molecule has 0 aliphatic heterocycles. The Balaban J connectivity index is 2.15. The van der Waals surface area contributed by atoms with Gasteiger partial charge in [-0.25, -0.2) is 4.98 Å². The number of nitrogens with zero attached hydrogens (tertiary/aromatic N) is 3. The van der Waals surface area contributed by atoms with Crippen molar-refractivity contribution in [2.24, 2.45) is 0 Å². The predicted octanol–water partition coefficient (Wildman–Crippen LogP) is 2.65. The van der Waals surface area contributed by atoms with E-state index >= 15 is 0 Å². The van der Waals surface area contributed by atoms with Crippen molar-refractivity contribution in [2.45, 2.75) is 45.7 Å². The van der Waals surface area contributed by atoms with Gasteiger partial charge >= 0.3 is 0 Å². The van der Waals surface area contributed by atoms with E-state index in [2.05, 4.69) is 22.3 Å². The summed E-state index contributed by atoms with van der Waals surface area (Å²) in [6, 6.07) is 1.48. The van der Waals surface area contributed by atoms with Gasteiger partial charge in [0.2, 0.25) is 5.91 Å². The lowest BCUT2D eigenvalue weighted by Crippen LogP contribution is -2.45. The number of thiazole rings is 1. The summed E-state index contributed by atoms with van der Waals surface area (Å²) in [4.78, 5) is 16.9. The van der Waals surface area contributed by atoms with Gasteiger partial charge in [-0.1, -0.05) is 6.92 Å². The van der Waals surface area contributed by atoms with E-state index in [1.54, 1.807) is 28.4 Å². The Kier molecular flexibility index (Phi) is 4.23. The van der Waals surface area contributed by atoms with Crippen LogP contribution in [0.15, 0.2) is 23.8 Å². The van der Waals surface area contributed by atoms with E-state index in [1.165, 1.54) is 0 Å². The first-order valence-corrected chi connectivity index (χ1v) is 7.58. The lowest BCUT2D eigenvalue weighted by atomic mass is 9.99. The molecule has 2 rings (SSSR count). The maximum atomic E-state index is 12.4. The van der Waals surface area contributed by atoms with Crippen LogP contribution < -0.4 is 5.32 Å². The summed E-state index contributed by atoms with van der Waals surface area (Å²) >= 11 is 1.58. The Hall–Kier alpha value is -1.69. The molecule has 0 saturated heterocycles. The van der Waals surface area contributed by atoms with Crippen LogP contribution in [0.1, 0.15) is 43.9 Å². The second-order valence-corrected chi connectivity index (χ2v) is 5.99. The molecule has 2 aromatic heterocycles. The van der Waals surface area contributed by atoms with E-state index in [4.69, 9.17) is 0 Å². The first-order chi connectivity index (χ1) is 9.46. The van der Waals surface area contributed by atoms with Crippen molar-refractivity contribution >= 4 is 17.2 Å². The van der Waals surface area contributed by atoms with Crippen LogP contribution in [0.25, 0.3) is 0 Å². The summed E-state index contributed by atoms with van der Waals surface area (Å²) in [5.74, 6) is -0.0501. The molecule has 0 aliphatic carbocycles. The van der Waals surface area contributed by atoms with E-state index < -0.39 is 5.54 Å².